The highest BCUT2D eigenvalue weighted by Gasteiger charge is 2.28. The van der Waals surface area contributed by atoms with Crippen LogP contribution in [0.25, 0.3) is 11.4 Å². The number of aromatic nitrogens is 2. The maximum atomic E-state index is 12.8. The number of carbonyl (C=O) groups is 1. The molecular weight excluding hydrogens is 418 g/mol. The van der Waals surface area contributed by atoms with Crippen LogP contribution in [0.1, 0.15) is 18.4 Å². The molecule has 1 saturated heterocycles. The minimum absolute atomic E-state index is 0.0858. The third-order valence-corrected chi connectivity index (χ3v) is 5.91. The first-order valence-electron chi connectivity index (χ1n) is 11.4. The maximum absolute atomic E-state index is 12.8. The number of rotatable bonds is 9. The summed E-state index contributed by atoms with van der Waals surface area (Å²) in [6, 6.07) is 18.3. The molecule has 0 saturated carbocycles. The Balaban J connectivity index is 1.26. The minimum atomic E-state index is -0.0884. The van der Waals surface area contributed by atoms with Crippen LogP contribution in [0.15, 0.2) is 59.1 Å². The molecule has 3 aromatic rings. The van der Waals surface area contributed by atoms with Gasteiger partial charge >= 0.3 is 6.01 Å². The van der Waals surface area contributed by atoms with Gasteiger partial charge in [0.05, 0.1) is 13.0 Å². The zero-order valence-electron chi connectivity index (χ0n) is 19.2. The van der Waals surface area contributed by atoms with Gasteiger partial charge in [-0.15, -0.1) is 0 Å². The second kappa shape index (κ2) is 11.0. The molecule has 1 aliphatic rings. The molecule has 33 heavy (non-hydrogen) atoms. The highest BCUT2D eigenvalue weighted by atomic mass is 16.5. The molecule has 2 aromatic carbocycles. The van der Waals surface area contributed by atoms with E-state index >= 15 is 0 Å². The van der Waals surface area contributed by atoms with Crippen molar-refractivity contribution >= 4 is 11.9 Å². The van der Waals surface area contributed by atoms with Crippen LogP contribution < -0.4 is 15.0 Å². The number of hydrogen-bond donors (Lipinski definition) is 1. The van der Waals surface area contributed by atoms with Gasteiger partial charge in [0.1, 0.15) is 5.75 Å². The number of likely N-dealkylation sites (N-methyl/N-ethyl adjacent to an activating group) is 1. The lowest BCUT2D eigenvalue weighted by atomic mass is 9.97. The molecule has 1 fully saturated rings. The quantitative estimate of drug-likeness (QED) is 0.537. The molecule has 0 bridgehead atoms. The van der Waals surface area contributed by atoms with E-state index in [9.17, 15) is 4.79 Å². The number of anilines is 1. The summed E-state index contributed by atoms with van der Waals surface area (Å²) in [5.74, 6) is 1.30. The predicted molar refractivity (Wildman–Crippen MR) is 127 cm³/mol. The summed E-state index contributed by atoms with van der Waals surface area (Å²) < 4.78 is 10.7. The third kappa shape index (κ3) is 6.10. The van der Waals surface area contributed by atoms with Gasteiger partial charge in [-0.3, -0.25) is 4.79 Å². The first-order chi connectivity index (χ1) is 16.1. The smallest absolute Gasteiger partial charge is 0.324 e. The summed E-state index contributed by atoms with van der Waals surface area (Å²) in [4.78, 5) is 21.5. The first-order valence-corrected chi connectivity index (χ1v) is 11.4. The number of methoxy groups -OCH3 is 1. The molecule has 0 radical (unpaired) electrons. The molecule has 8 heteroatoms. The van der Waals surface area contributed by atoms with Crippen LogP contribution in [0.4, 0.5) is 6.01 Å². The van der Waals surface area contributed by atoms with Crippen molar-refractivity contribution in [3.8, 4) is 17.1 Å². The normalized spacial score (nSPS) is 16.1. The largest absolute Gasteiger partial charge is 0.497 e. The van der Waals surface area contributed by atoms with E-state index in [4.69, 9.17) is 9.26 Å². The molecule has 174 valence electrons. The number of nitrogens with zero attached hydrogens (tertiary/aromatic N) is 4. The molecule has 1 aromatic heterocycles. The first kappa shape index (κ1) is 22.8. The van der Waals surface area contributed by atoms with E-state index in [0.717, 1.165) is 43.8 Å². The maximum Gasteiger partial charge on any atom is 0.324 e. The average molecular weight is 450 g/mol. The van der Waals surface area contributed by atoms with Crippen molar-refractivity contribution in [1.29, 1.82) is 0 Å². The Hall–Kier alpha value is -3.39. The van der Waals surface area contributed by atoms with Crippen LogP contribution >= 0.6 is 0 Å². The second-order valence-corrected chi connectivity index (χ2v) is 8.43. The van der Waals surface area contributed by atoms with Crippen LogP contribution in [-0.2, 0) is 11.3 Å². The SMILES string of the molecule is COc1ccc(-c2noc(N3CCC[C@@H](C(=O)NCCN(C)Cc4ccccc4)C3)n2)cc1. The summed E-state index contributed by atoms with van der Waals surface area (Å²) in [6.45, 7) is 3.66. The van der Waals surface area contributed by atoms with Gasteiger partial charge in [0.15, 0.2) is 0 Å². The van der Waals surface area contributed by atoms with Gasteiger partial charge in [0, 0.05) is 38.3 Å². The predicted octanol–water partition coefficient (Wildman–Crippen LogP) is 3.21. The molecule has 0 aliphatic carbocycles. The average Bonchev–Trinajstić information content (AvgIpc) is 3.35. The lowest BCUT2D eigenvalue weighted by Gasteiger charge is -2.30. The zero-order chi connectivity index (χ0) is 23.0. The molecule has 2 heterocycles. The Bertz CT molecular complexity index is 1020. The Kier molecular flexibility index (Phi) is 7.57. The summed E-state index contributed by atoms with van der Waals surface area (Å²) >= 11 is 0. The molecule has 0 spiro atoms. The van der Waals surface area contributed by atoms with Crippen molar-refractivity contribution in [2.45, 2.75) is 19.4 Å². The molecule has 1 amide bonds. The van der Waals surface area contributed by atoms with Gasteiger partial charge in [-0.25, -0.2) is 0 Å². The standard InChI is InChI=1S/C25H31N5O3/c1-29(17-19-7-4-3-5-8-19)16-14-26-24(31)21-9-6-15-30(18-21)25-27-23(28-33-25)20-10-12-22(32-2)13-11-20/h3-5,7-8,10-13,21H,6,9,14-18H2,1-2H3,(H,26,31)/t21-/m1/s1. The highest BCUT2D eigenvalue weighted by Crippen LogP contribution is 2.25. The number of ether oxygens (including phenoxy) is 1. The van der Waals surface area contributed by atoms with E-state index < -0.39 is 0 Å². The van der Waals surface area contributed by atoms with E-state index in [1.165, 1.54) is 5.56 Å². The highest BCUT2D eigenvalue weighted by molar-refractivity contribution is 5.79. The Morgan fingerprint density at radius 3 is 2.76 bits per heavy atom. The number of hydrogen-bond acceptors (Lipinski definition) is 7. The molecule has 0 unspecified atom stereocenters. The van der Waals surface area contributed by atoms with Crippen molar-refractivity contribution in [3.63, 3.8) is 0 Å². The van der Waals surface area contributed by atoms with Crippen molar-refractivity contribution in [2.75, 3.05) is 45.2 Å². The molecule has 1 aliphatic heterocycles. The Morgan fingerprint density at radius 1 is 1.21 bits per heavy atom. The lowest BCUT2D eigenvalue weighted by Crippen LogP contribution is -2.44. The van der Waals surface area contributed by atoms with Gasteiger partial charge in [-0.05, 0) is 49.7 Å². The zero-order valence-corrected chi connectivity index (χ0v) is 19.2. The second-order valence-electron chi connectivity index (χ2n) is 8.43. The van der Waals surface area contributed by atoms with Crippen LogP contribution in [0, 0.1) is 5.92 Å². The summed E-state index contributed by atoms with van der Waals surface area (Å²) in [6.07, 6.45) is 1.77. The van der Waals surface area contributed by atoms with Crippen molar-refractivity contribution in [2.24, 2.45) is 5.92 Å². The number of carbonyl (C=O) groups excluding carboxylic acids is 1. The van der Waals surface area contributed by atoms with Gasteiger partial charge < -0.3 is 24.4 Å². The lowest BCUT2D eigenvalue weighted by molar-refractivity contribution is -0.125. The van der Waals surface area contributed by atoms with E-state index in [1.54, 1.807) is 7.11 Å². The topological polar surface area (TPSA) is 83.7 Å². The van der Waals surface area contributed by atoms with Crippen LogP contribution in [0.2, 0.25) is 0 Å². The van der Waals surface area contributed by atoms with Crippen LogP contribution in [0.5, 0.6) is 5.75 Å². The monoisotopic (exact) mass is 449 g/mol. The Morgan fingerprint density at radius 2 is 2.00 bits per heavy atom. The van der Waals surface area contributed by atoms with E-state index in [1.807, 2.05) is 47.4 Å². The summed E-state index contributed by atoms with van der Waals surface area (Å²) in [7, 11) is 3.70. The number of amides is 1. The van der Waals surface area contributed by atoms with Gasteiger partial charge in [-0.1, -0.05) is 35.5 Å². The van der Waals surface area contributed by atoms with Crippen LogP contribution in [-0.4, -0.2) is 61.3 Å². The van der Waals surface area contributed by atoms with Crippen molar-refractivity contribution < 1.29 is 14.1 Å². The van der Waals surface area contributed by atoms with Crippen molar-refractivity contribution in [1.82, 2.24) is 20.4 Å². The molecule has 8 nitrogen and oxygen atoms in total. The van der Waals surface area contributed by atoms with E-state index in [-0.39, 0.29) is 11.8 Å². The van der Waals surface area contributed by atoms with E-state index in [2.05, 4.69) is 39.5 Å². The number of nitrogens with one attached hydrogen (secondary N) is 1. The fraction of sp³-hybridized carbons (Fsp3) is 0.400. The fourth-order valence-electron chi connectivity index (χ4n) is 4.05. The molecule has 1 N–H and O–H groups in total. The molecule has 4 rings (SSSR count). The van der Waals surface area contributed by atoms with Gasteiger partial charge in [0.25, 0.3) is 0 Å². The third-order valence-electron chi connectivity index (χ3n) is 5.91. The molecule has 1 atom stereocenters. The number of benzene rings is 2. The fourth-order valence-corrected chi connectivity index (χ4v) is 4.05. The minimum Gasteiger partial charge on any atom is -0.497 e. The summed E-state index contributed by atoms with van der Waals surface area (Å²) in [5, 5.41) is 7.21. The van der Waals surface area contributed by atoms with Crippen molar-refractivity contribution in [3.05, 3.63) is 60.2 Å². The molecular formula is C25H31N5O3. The van der Waals surface area contributed by atoms with E-state index in [0.29, 0.717) is 24.9 Å². The Labute approximate surface area is 194 Å². The van der Waals surface area contributed by atoms with Gasteiger partial charge in [-0.2, -0.15) is 4.98 Å². The van der Waals surface area contributed by atoms with Crippen LogP contribution in [0.3, 0.4) is 0 Å². The number of piperidine rings is 1. The van der Waals surface area contributed by atoms with Gasteiger partial charge in [0.2, 0.25) is 11.7 Å². The summed E-state index contributed by atoms with van der Waals surface area (Å²) in [5.41, 5.74) is 2.12.